The maximum Gasteiger partial charge on any atom is 0.408 e. The van der Waals surface area contributed by atoms with Crippen molar-refractivity contribution in [2.45, 2.75) is 104 Å². The zero-order valence-corrected chi connectivity index (χ0v) is 32.2. The van der Waals surface area contributed by atoms with Gasteiger partial charge in [-0.05, 0) is 100 Å². The van der Waals surface area contributed by atoms with Crippen LogP contribution in [-0.4, -0.2) is 57.9 Å². The van der Waals surface area contributed by atoms with Crippen molar-refractivity contribution in [3.05, 3.63) is 82.2 Å². The van der Waals surface area contributed by atoms with Crippen molar-refractivity contribution in [3.8, 4) is 0 Å². The van der Waals surface area contributed by atoms with Crippen LogP contribution >= 0.6 is 11.3 Å². The first-order valence-corrected chi connectivity index (χ1v) is 19.3. The molecule has 11 nitrogen and oxygen atoms in total. The van der Waals surface area contributed by atoms with Gasteiger partial charge in [0.1, 0.15) is 11.1 Å². The molecule has 4 heterocycles. The van der Waals surface area contributed by atoms with Crippen molar-refractivity contribution in [2.24, 2.45) is 5.92 Å². The van der Waals surface area contributed by atoms with Crippen molar-refractivity contribution in [3.63, 3.8) is 0 Å². The lowest BCUT2D eigenvalue weighted by atomic mass is 9.85. The van der Waals surface area contributed by atoms with Gasteiger partial charge in [-0.2, -0.15) is 11.3 Å². The number of carbonyl (C=O) groups is 5. The minimum atomic E-state index is -1.42. The number of nitrogens with zero attached hydrogens (tertiary/aromatic N) is 3. The maximum atomic E-state index is 14.5. The molecule has 2 aromatic heterocycles. The van der Waals surface area contributed by atoms with Crippen molar-refractivity contribution in [1.82, 2.24) is 15.2 Å². The summed E-state index contributed by atoms with van der Waals surface area (Å²) < 4.78 is 7.51. The number of alkyl carbamates (subject to hydrolysis) is 1. The van der Waals surface area contributed by atoms with E-state index in [2.05, 4.69) is 15.2 Å². The second kappa shape index (κ2) is 15.2. The molecule has 4 aromatic rings. The first-order valence-electron chi connectivity index (χ1n) is 18.3. The number of aromatic nitrogens is 1. The van der Waals surface area contributed by atoms with E-state index in [1.165, 1.54) is 0 Å². The highest BCUT2D eigenvalue weighted by Crippen LogP contribution is 2.42. The van der Waals surface area contributed by atoms with Gasteiger partial charge in [0, 0.05) is 55.4 Å². The summed E-state index contributed by atoms with van der Waals surface area (Å²) in [6.07, 6.45) is 2.88. The van der Waals surface area contributed by atoms with E-state index in [9.17, 15) is 24.0 Å². The third kappa shape index (κ3) is 8.32. The number of nitrogens with one attached hydrogen (secondary N) is 2. The number of rotatable bonds is 12. The molecule has 2 aliphatic heterocycles. The van der Waals surface area contributed by atoms with Crippen LogP contribution in [0.3, 0.4) is 0 Å². The lowest BCUT2D eigenvalue weighted by Gasteiger charge is -2.37. The fraction of sp³-hybridized carbons (Fsp3) is 0.439. The minimum absolute atomic E-state index is 0.0331. The van der Waals surface area contributed by atoms with Gasteiger partial charge in [0.05, 0.1) is 24.0 Å². The van der Waals surface area contributed by atoms with Crippen LogP contribution in [0, 0.1) is 5.92 Å². The topological polar surface area (TPSA) is 130 Å². The van der Waals surface area contributed by atoms with E-state index < -0.39 is 35.1 Å². The molecule has 1 fully saturated rings. The Bertz CT molecular complexity index is 2030. The first-order chi connectivity index (χ1) is 25.1. The quantitative estimate of drug-likeness (QED) is 0.170. The molecule has 2 N–H and O–H groups in total. The van der Waals surface area contributed by atoms with Gasteiger partial charge in [-0.25, -0.2) is 4.79 Å². The number of amides is 4. The van der Waals surface area contributed by atoms with E-state index in [1.807, 2.05) is 72.4 Å². The smallest absolute Gasteiger partial charge is 0.408 e. The number of fused-ring (bicyclic) bond motifs is 2. The predicted octanol–water partition coefficient (Wildman–Crippen LogP) is 6.55. The lowest BCUT2D eigenvalue weighted by molar-refractivity contribution is -0.132. The lowest BCUT2D eigenvalue weighted by Crippen LogP contribution is -2.59. The number of carbonyl (C=O) groups excluding carboxylic acids is 5. The largest absolute Gasteiger partial charge is 0.444 e. The molecule has 0 radical (unpaired) electrons. The molecule has 2 aliphatic rings. The van der Waals surface area contributed by atoms with Crippen LogP contribution < -0.4 is 20.4 Å². The number of hydrogen-bond acceptors (Lipinski definition) is 7. The average molecular weight is 740 g/mol. The van der Waals surface area contributed by atoms with E-state index in [0.29, 0.717) is 25.9 Å². The second-order valence-corrected chi connectivity index (χ2v) is 16.3. The molecule has 1 unspecified atom stereocenters. The number of hydrogen-bond donors (Lipinski definition) is 2. The van der Waals surface area contributed by atoms with Crippen molar-refractivity contribution in [1.29, 1.82) is 0 Å². The zero-order valence-electron chi connectivity index (χ0n) is 31.4. The summed E-state index contributed by atoms with van der Waals surface area (Å²) in [5.41, 5.74) is 3.01. The van der Waals surface area contributed by atoms with Gasteiger partial charge < -0.3 is 29.7 Å². The molecular weight excluding hydrogens is 691 g/mol. The maximum absolute atomic E-state index is 14.5. The van der Waals surface area contributed by atoms with Gasteiger partial charge in [-0.3, -0.25) is 19.2 Å². The van der Waals surface area contributed by atoms with E-state index in [1.54, 1.807) is 55.8 Å². The van der Waals surface area contributed by atoms with E-state index in [4.69, 9.17) is 4.74 Å². The molecule has 0 bridgehead atoms. The van der Waals surface area contributed by atoms with E-state index >= 15 is 0 Å². The molecule has 4 amide bonds. The summed E-state index contributed by atoms with van der Waals surface area (Å²) in [6.45, 7) is 12.0. The third-order valence-corrected chi connectivity index (χ3v) is 10.6. The molecule has 53 heavy (non-hydrogen) atoms. The molecule has 0 spiro atoms. The number of para-hydroxylation sites is 2. The highest BCUT2D eigenvalue weighted by atomic mass is 32.1. The summed E-state index contributed by atoms with van der Waals surface area (Å²) in [6, 6.07) is 14.7. The summed E-state index contributed by atoms with van der Waals surface area (Å²) in [4.78, 5) is 72.1. The Balaban J connectivity index is 1.31. The number of Topliss-reactive ketones (excluding diaryl/α,β-unsaturated/α-hetero) is 1. The Labute approximate surface area is 314 Å². The Morgan fingerprint density at radius 2 is 1.79 bits per heavy atom. The number of anilines is 2. The summed E-state index contributed by atoms with van der Waals surface area (Å²) in [7, 11) is 0. The Kier molecular flexibility index (Phi) is 10.8. The summed E-state index contributed by atoms with van der Waals surface area (Å²) in [5.74, 6) is -1.70. The van der Waals surface area contributed by atoms with E-state index in [0.717, 1.165) is 51.9 Å². The number of thiophene rings is 1. The monoisotopic (exact) mass is 739 g/mol. The summed E-state index contributed by atoms with van der Waals surface area (Å²) in [5, 5.41) is 10.5. The van der Waals surface area contributed by atoms with Crippen molar-refractivity contribution < 1.29 is 28.7 Å². The fourth-order valence-corrected chi connectivity index (χ4v) is 7.95. The number of benzene rings is 2. The molecule has 280 valence electrons. The number of aryl methyl sites for hydroxylation is 1. The summed E-state index contributed by atoms with van der Waals surface area (Å²) >= 11 is 1.54. The normalized spacial score (nSPS) is 16.8. The van der Waals surface area contributed by atoms with Gasteiger partial charge in [0.2, 0.25) is 17.7 Å². The zero-order chi connectivity index (χ0) is 38.1. The minimum Gasteiger partial charge on any atom is -0.444 e. The van der Waals surface area contributed by atoms with Gasteiger partial charge >= 0.3 is 6.09 Å². The van der Waals surface area contributed by atoms with Crippen LogP contribution in [0.4, 0.5) is 16.2 Å². The van der Waals surface area contributed by atoms with Crippen molar-refractivity contribution >= 4 is 63.2 Å². The number of ether oxygens (including phenoxy) is 1. The second-order valence-electron chi connectivity index (χ2n) is 15.5. The standard InChI is InChI=1S/C41H49N5O6S/c1-7-44-24-29(30-13-8-9-14-32(30)44)21-31(42-38(50)41(5,6)43-39(51)52-40(2,3)4)34(47)22-28-20-27-12-10-15-33(45-18-11-16-35(45)48)36(27)46(37(28)49)23-26-17-19-53-25-26/h8-10,12-15,17,19,24-25,28,31H,7,11,16,18,20-23H2,1-6H3,(H,42,50)(H,43,51)/t28?,31-/m1/s1. The van der Waals surface area contributed by atoms with Crippen LogP contribution in [0.25, 0.3) is 10.9 Å². The van der Waals surface area contributed by atoms with Crippen LogP contribution in [0.5, 0.6) is 0 Å². The van der Waals surface area contributed by atoms with Crippen LogP contribution in [0.15, 0.2) is 65.5 Å². The molecule has 0 saturated carbocycles. The van der Waals surface area contributed by atoms with Crippen LogP contribution in [0.2, 0.25) is 0 Å². The SMILES string of the molecule is CCn1cc(C[C@@H](NC(=O)C(C)(C)NC(=O)OC(C)(C)C)C(=O)CC2Cc3cccc(N4CCCC4=O)c3N(Cc3ccsc3)C2=O)c2ccccc21. The van der Waals surface area contributed by atoms with Crippen LogP contribution in [-0.2, 0) is 49.8 Å². The molecule has 1 saturated heterocycles. The molecular formula is C41H49N5O6S. The van der Waals surface area contributed by atoms with Crippen molar-refractivity contribution in [2.75, 3.05) is 16.3 Å². The van der Waals surface area contributed by atoms with Gasteiger partial charge in [0.25, 0.3) is 0 Å². The molecule has 2 atom stereocenters. The van der Waals surface area contributed by atoms with Gasteiger partial charge in [-0.15, -0.1) is 0 Å². The van der Waals surface area contributed by atoms with Gasteiger partial charge in [0.15, 0.2) is 5.78 Å². The highest BCUT2D eigenvalue weighted by Gasteiger charge is 2.40. The Hall–Kier alpha value is -4.97. The van der Waals surface area contributed by atoms with Crippen LogP contribution in [0.1, 0.15) is 77.5 Å². The fourth-order valence-electron chi connectivity index (χ4n) is 7.29. The molecule has 2 aromatic carbocycles. The molecule has 12 heteroatoms. The average Bonchev–Trinajstić information content (AvgIpc) is 3.85. The Morgan fingerprint density at radius 1 is 1.02 bits per heavy atom. The predicted molar refractivity (Wildman–Crippen MR) is 207 cm³/mol. The highest BCUT2D eigenvalue weighted by molar-refractivity contribution is 7.07. The third-order valence-electron chi connectivity index (χ3n) is 9.89. The number of ketones is 1. The molecule has 0 aliphatic carbocycles. The Morgan fingerprint density at radius 3 is 2.47 bits per heavy atom. The van der Waals surface area contributed by atoms with Gasteiger partial charge in [-0.1, -0.05) is 30.3 Å². The molecule has 6 rings (SSSR count). The van der Waals surface area contributed by atoms with E-state index in [-0.39, 0.29) is 30.4 Å². The first kappa shape index (κ1) is 37.8.